The first-order chi connectivity index (χ1) is 12.1. The first-order valence-electron chi connectivity index (χ1n) is 8.15. The summed E-state index contributed by atoms with van der Waals surface area (Å²) in [6.07, 6.45) is 6.53. The molecule has 0 unspecified atom stereocenters. The number of hydrogen-bond acceptors (Lipinski definition) is 5. The van der Waals surface area contributed by atoms with Crippen molar-refractivity contribution in [2.45, 2.75) is 25.3 Å². The molecule has 7 heteroatoms. The number of carbonyl (C=O) groups is 2. The van der Waals surface area contributed by atoms with Crippen LogP contribution in [0, 0.1) is 11.3 Å². The molecule has 0 spiro atoms. The van der Waals surface area contributed by atoms with Gasteiger partial charge in [0.2, 0.25) is 5.88 Å². The van der Waals surface area contributed by atoms with Crippen LogP contribution in [0.1, 0.15) is 29.6 Å². The van der Waals surface area contributed by atoms with Gasteiger partial charge in [-0.05, 0) is 43.4 Å². The number of aromatic nitrogens is 2. The van der Waals surface area contributed by atoms with E-state index in [-0.39, 0.29) is 17.9 Å². The molecule has 4 rings (SSSR count). The number of nitrogens with one attached hydrogen (secondary N) is 1. The molecule has 1 heterocycles. The van der Waals surface area contributed by atoms with E-state index in [1.165, 1.54) is 12.4 Å². The molecule has 2 aliphatic rings. The lowest BCUT2D eigenvalue weighted by atomic mass is 10.0. The van der Waals surface area contributed by atoms with Gasteiger partial charge in [-0.25, -0.2) is 4.98 Å². The first kappa shape index (κ1) is 15.6. The summed E-state index contributed by atoms with van der Waals surface area (Å²) in [7, 11) is 0. The lowest BCUT2D eigenvalue weighted by Crippen LogP contribution is -2.35. The Hall–Kier alpha value is -2.96. The maximum Gasteiger partial charge on any atom is 0.310 e. The molecule has 1 aromatic heterocycles. The average molecular weight is 339 g/mol. The zero-order chi connectivity index (χ0) is 17.4. The quantitative estimate of drug-likeness (QED) is 0.866. The molecule has 2 aromatic rings. The van der Waals surface area contributed by atoms with Crippen molar-refractivity contribution in [3.63, 3.8) is 0 Å². The molecule has 0 saturated heterocycles. The SMILES string of the molecule is O=C(N[C@H]1C[C@@H]2C[C@]2(C(=O)O)C1)c1cccc(Oc2cnccn2)c1. The monoisotopic (exact) mass is 339 g/mol. The van der Waals surface area contributed by atoms with Crippen molar-refractivity contribution in [1.29, 1.82) is 0 Å². The Morgan fingerprint density at radius 2 is 2.16 bits per heavy atom. The lowest BCUT2D eigenvalue weighted by Gasteiger charge is -2.16. The van der Waals surface area contributed by atoms with Crippen LogP contribution in [0.15, 0.2) is 42.9 Å². The summed E-state index contributed by atoms with van der Waals surface area (Å²) in [5, 5.41) is 12.3. The van der Waals surface area contributed by atoms with E-state index in [0.29, 0.717) is 23.6 Å². The number of aliphatic carboxylic acids is 1. The van der Waals surface area contributed by atoms with Crippen molar-refractivity contribution in [2.24, 2.45) is 11.3 Å². The molecule has 0 radical (unpaired) electrons. The highest BCUT2D eigenvalue weighted by atomic mass is 16.5. The van der Waals surface area contributed by atoms with Crippen LogP contribution in [0.3, 0.4) is 0 Å². The van der Waals surface area contributed by atoms with E-state index in [4.69, 9.17) is 4.74 Å². The van der Waals surface area contributed by atoms with Gasteiger partial charge in [-0.15, -0.1) is 0 Å². The number of rotatable bonds is 5. The van der Waals surface area contributed by atoms with Gasteiger partial charge < -0.3 is 15.2 Å². The largest absolute Gasteiger partial charge is 0.481 e. The van der Waals surface area contributed by atoms with Gasteiger partial charge in [-0.2, -0.15) is 0 Å². The molecule has 2 aliphatic carbocycles. The van der Waals surface area contributed by atoms with Crippen molar-refractivity contribution in [3.05, 3.63) is 48.4 Å². The summed E-state index contributed by atoms with van der Waals surface area (Å²) >= 11 is 0. The summed E-state index contributed by atoms with van der Waals surface area (Å²) in [5.41, 5.74) is -0.138. The number of carboxylic acid groups (broad SMARTS) is 1. The van der Waals surface area contributed by atoms with Crippen molar-refractivity contribution in [1.82, 2.24) is 15.3 Å². The molecule has 1 aromatic carbocycles. The highest BCUT2D eigenvalue weighted by Gasteiger charge is 2.65. The number of nitrogens with zero attached hydrogens (tertiary/aromatic N) is 2. The first-order valence-corrected chi connectivity index (χ1v) is 8.15. The number of fused-ring (bicyclic) bond motifs is 1. The summed E-state index contributed by atoms with van der Waals surface area (Å²) in [5.74, 6) is 0.0652. The van der Waals surface area contributed by atoms with Crippen LogP contribution in [-0.4, -0.2) is 33.0 Å². The number of carboxylic acids is 1. The van der Waals surface area contributed by atoms with Crippen LogP contribution in [0.4, 0.5) is 0 Å². The second-order valence-electron chi connectivity index (χ2n) is 6.65. The second-order valence-corrected chi connectivity index (χ2v) is 6.65. The molecular weight excluding hydrogens is 322 g/mol. The molecule has 2 N–H and O–H groups in total. The molecule has 3 atom stereocenters. The Bertz CT molecular complexity index is 826. The van der Waals surface area contributed by atoms with E-state index in [0.717, 1.165) is 12.8 Å². The summed E-state index contributed by atoms with van der Waals surface area (Å²) in [6, 6.07) is 6.70. The fourth-order valence-corrected chi connectivity index (χ4v) is 3.69. The van der Waals surface area contributed by atoms with Crippen LogP contribution in [-0.2, 0) is 4.79 Å². The third kappa shape index (κ3) is 2.93. The number of carbonyl (C=O) groups excluding carboxylic acids is 1. The van der Waals surface area contributed by atoms with Gasteiger partial charge >= 0.3 is 5.97 Å². The normalized spacial score (nSPS) is 26.6. The zero-order valence-electron chi connectivity index (χ0n) is 13.4. The minimum atomic E-state index is -0.742. The Labute approximate surface area is 144 Å². The Balaban J connectivity index is 1.41. The van der Waals surface area contributed by atoms with Crippen molar-refractivity contribution in [2.75, 3.05) is 0 Å². The third-order valence-electron chi connectivity index (χ3n) is 5.03. The fourth-order valence-electron chi connectivity index (χ4n) is 3.69. The minimum Gasteiger partial charge on any atom is -0.481 e. The van der Waals surface area contributed by atoms with Crippen molar-refractivity contribution >= 4 is 11.9 Å². The number of amides is 1. The zero-order valence-corrected chi connectivity index (χ0v) is 13.4. The van der Waals surface area contributed by atoms with Gasteiger partial charge in [0.25, 0.3) is 5.91 Å². The average Bonchev–Trinajstić information content (AvgIpc) is 3.19. The van der Waals surface area contributed by atoms with Gasteiger partial charge in [0.1, 0.15) is 5.75 Å². The molecule has 25 heavy (non-hydrogen) atoms. The van der Waals surface area contributed by atoms with Gasteiger partial charge in [0.05, 0.1) is 11.6 Å². The van der Waals surface area contributed by atoms with Crippen LogP contribution in [0.5, 0.6) is 11.6 Å². The molecule has 0 bridgehead atoms. The summed E-state index contributed by atoms with van der Waals surface area (Å²) in [4.78, 5) is 31.8. The number of benzene rings is 1. The Kier molecular flexibility index (Phi) is 3.63. The molecule has 7 nitrogen and oxygen atoms in total. The van der Waals surface area contributed by atoms with Crippen LogP contribution < -0.4 is 10.1 Å². The Morgan fingerprint density at radius 3 is 2.88 bits per heavy atom. The highest BCUT2D eigenvalue weighted by Crippen LogP contribution is 2.63. The molecule has 1 amide bonds. The number of hydrogen-bond donors (Lipinski definition) is 2. The molecule has 0 aliphatic heterocycles. The minimum absolute atomic E-state index is 0.0908. The fraction of sp³-hybridized carbons (Fsp3) is 0.333. The smallest absolute Gasteiger partial charge is 0.310 e. The van der Waals surface area contributed by atoms with E-state index >= 15 is 0 Å². The number of ether oxygens (including phenoxy) is 1. The third-order valence-corrected chi connectivity index (χ3v) is 5.03. The van der Waals surface area contributed by atoms with Gasteiger partial charge in [-0.1, -0.05) is 6.07 Å². The maximum absolute atomic E-state index is 12.5. The lowest BCUT2D eigenvalue weighted by molar-refractivity contribution is -0.143. The standard InChI is InChI=1S/C18H17N3O4/c22-16(21-13-7-12-8-18(12,9-13)17(23)24)11-2-1-3-14(6-11)25-15-10-19-4-5-20-15/h1-6,10,12-13H,7-9H2,(H,21,22)(H,23,24)/t12-,13+,18+/m1/s1. The van der Waals surface area contributed by atoms with E-state index in [9.17, 15) is 14.7 Å². The van der Waals surface area contributed by atoms with Crippen LogP contribution in [0.25, 0.3) is 0 Å². The molecule has 2 fully saturated rings. The maximum atomic E-state index is 12.5. The Morgan fingerprint density at radius 1 is 1.28 bits per heavy atom. The predicted molar refractivity (Wildman–Crippen MR) is 87.2 cm³/mol. The van der Waals surface area contributed by atoms with Crippen molar-refractivity contribution in [3.8, 4) is 11.6 Å². The van der Waals surface area contributed by atoms with E-state index in [2.05, 4.69) is 15.3 Å². The van der Waals surface area contributed by atoms with Crippen molar-refractivity contribution < 1.29 is 19.4 Å². The summed E-state index contributed by atoms with van der Waals surface area (Å²) in [6.45, 7) is 0. The summed E-state index contributed by atoms with van der Waals surface area (Å²) < 4.78 is 5.58. The molecule has 128 valence electrons. The predicted octanol–water partition coefficient (Wildman–Crippen LogP) is 2.25. The highest BCUT2D eigenvalue weighted by molar-refractivity contribution is 5.95. The van der Waals surface area contributed by atoms with Gasteiger partial charge in [0, 0.05) is 24.0 Å². The topological polar surface area (TPSA) is 101 Å². The van der Waals surface area contributed by atoms with E-state index < -0.39 is 11.4 Å². The van der Waals surface area contributed by atoms with Crippen LogP contribution >= 0.6 is 0 Å². The second kappa shape index (κ2) is 5.84. The molecule has 2 saturated carbocycles. The molecular formula is C18H17N3O4. The van der Waals surface area contributed by atoms with Crippen LogP contribution in [0.2, 0.25) is 0 Å². The van der Waals surface area contributed by atoms with Gasteiger partial charge in [-0.3, -0.25) is 14.6 Å². The van der Waals surface area contributed by atoms with E-state index in [1.807, 2.05) is 0 Å². The van der Waals surface area contributed by atoms with E-state index in [1.54, 1.807) is 30.5 Å². The van der Waals surface area contributed by atoms with Gasteiger partial charge in [0.15, 0.2) is 0 Å².